The number of hydrogen-bond acceptors (Lipinski definition) is 4. The minimum atomic E-state index is -5.80. The summed E-state index contributed by atoms with van der Waals surface area (Å²) in [4.78, 5) is 29.2. The Labute approximate surface area is 240 Å². The SMILES string of the molecule is CC12CC(c3ccc(C(=O)Nc4ccccn4)cc3)C3=C4CCC(=O)C=C4CCC3C1CCC2OC(F)(F)C(F)(F)F. The molecule has 2 saturated carbocycles. The summed E-state index contributed by atoms with van der Waals surface area (Å²) < 4.78 is 72.4. The van der Waals surface area contributed by atoms with Crippen molar-refractivity contribution >= 4 is 17.5 Å². The molecule has 4 aliphatic carbocycles. The molecule has 5 atom stereocenters. The van der Waals surface area contributed by atoms with Crippen molar-refractivity contribution in [2.24, 2.45) is 17.3 Å². The largest absolute Gasteiger partial charge is 0.482 e. The number of amides is 1. The number of carbonyl (C=O) groups is 2. The molecular weight excluding hydrogens is 555 g/mol. The summed E-state index contributed by atoms with van der Waals surface area (Å²) in [5, 5.41) is 2.74. The number of carbonyl (C=O) groups excluding carboxylic acids is 2. The molecule has 1 N–H and O–H groups in total. The Morgan fingerprint density at radius 1 is 1.00 bits per heavy atom. The first-order chi connectivity index (χ1) is 19.9. The third-order valence-electron chi connectivity index (χ3n) is 9.75. The quantitative estimate of drug-likeness (QED) is 0.364. The number of benzene rings is 1. The van der Waals surface area contributed by atoms with E-state index in [2.05, 4.69) is 15.0 Å². The molecule has 222 valence electrons. The highest BCUT2D eigenvalue weighted by Crippen LogP contribution is 2.65. The van der Waals surface area contributed by atoms with E-state index in [0.29, 0.717) is 49.9 Å². The lowest BCUT2D eigenvalue weighted by Crippen LogP contribution is -2.50. The van der Waals surface area contributed by atoms with Crippen LogP contribution in [0.25, 0.3) is 0 Å². The van der Waals surface area contributed by atoms with Gasteiger partial charge in [-0.05, 0) is 103 Å². The Hall–Kier alpha value is -3.40. The Balaban J connectivity index is 1.36. The molecule has 42 heavy (non-hydrogen) atoms. The van der Waals surface area contributed by atoms with Crippen molar-refractivity contribution in [3.63, 3.8) is 0 Å². The molecular formula is C32H31F5N2O3. The fourth-order valence-electron chi connectivity index (χ4n) is 7.84. The smallest absolute Gasteiger partial charge is 0.309 e. The second kappa shape index (κ2) is 10.4. The zero-order chi connectivity index (χ0) is 29.9. The predicted molar refractivity (Wildman–Crippen MR) is 145 cm³/mol. The number of ketones is 1. The standard InChI is InChI=1S/C32H31F5N2O3/c1-30-17-24(18-5-7-19(8-6-18)29(41)39-27-4-2-3-15-38-27)28-22-12-10-21(40)16-20(22)9-11-23(28)25(30)13-14-26(30)42-32(36,37)31(33,34)35/h2-8,15-16,23-26H,9-14,17H2,1H3,(H,38,39,41). The second-order valence-corrected chi connectivity index (χ2v) is 12.1. The lowest BCUT2D eigenvalue weighted by Gasteiger charge is -2.52. The van der Waals surface area contributed by atoms with Crippen molar-refractivity contribution in [3.8, 4) is 0 Å². The first-order valence-electron chi connectivity index (χ1n) is 14.3. The van der Waals surface area contributed by atoms with Gasteiger partial charge in [0.15, 0.2) is 5.78 Å². The fourth-order valence-corrected chi connectivity index (χ4v) is 7.84. The van der Waals surface area contributed by atoms with Crippen LogP contribution >= 0.6 is 0 Å². The number of fused-ring (bicyclic) bond motifs is 4. The van der Waals surface area contributed by atoms with Crippen molar-refractivity contribution in [1.29, 1.82) is 0 Å². The minimum Gasteiger partial charge on any atom is -0.309 e. The fraction of sp³-hybridized carbons (Fsp3) is 0.469. The van der Waals surface area contributed by atoms with Crippen LogP contribution in [0.5, 0.6) is 0 Å². The van der Waals surface area contributed by atoms with Crippen LogP contribution in [0.3, 0.4) is 0 Å². The van der Waals surface area contributed by atoms with E-state index in [0.717, 1.165) is 22.3 Å². The molecule has 1 aromatic heterocycles. The third kappa shape index (κ3) is 4.97. The van der Waals surface area contributed by atoms with E-state index in [4.69, 9.17) is 0 Å². The lowest BCUT2D eigenvalue weighted by atomic mass is 9.53. The van der Waals surface area contributed by atoms with E-state index >= 15 is 0 Å². The Kier molecular flexibility index (Phi) is 7.11. The molecule has 1 amide bonds. The molecule has 0 aliphatic heterocycles. The van der Waals surface area contributed by atoms with E-state index in [1.165, 1.54) is 0 Å². The van der Waals surface area contributed by atoms with E-state index in [1.807, 2.05) is 12.1 Å². The highest BCUT2D eigenvalue weighted by molar-refractivity contribution is 6.03. The van der Waals surface area contributed by atoms with Gasteiger partial charge in [0.25, 0.3) is 5.91 Å². The van der Waals surface area contributed by atoms with Crippen molar-refractivity contribution in [3.05, 3.63) is 82.6 Å². The average Bonchev–Trinajstić information content (AvgIpc) is 3.27. The van der Waals surface area contributed by atoms with E-state index in [9.17, 15) is 31.5 Å². The number of pyridine rings is 1. The van der Waals surface area contributed by atoms with Gasteiger partial charge in [0.1, 0.15) is 5.82 Å². The second-order valence-electron chi connectivity index (χ2n) is 12.1. The maximum Gasteiger partial charge on any atom is 0.482 e. The van der Waals surface area contributed by atoms with Gasteiger partial charge in [0.05, 0.1) is 6.10 Å². The van der Waals surface area contributed by atoms with Crippen molar-refractivity contribution in [2.45, 2.75) is 76.2 Å². The first-order valence-corrected chi connectivity index (χ1v) is 14.3. The van der Waals surface area contributed by atoms with Crippen LogP contribution in [-0.4, -0.2) is 35.1 Å². The van der Waals surface area contributed by atoms with Gasteiger partial charge in [-0.3, -0.25) is 9.59 Å². The number of halogens is 5. The molecule has 10 heteroatoms. The topological polar surface area (TPSA) is 68.3 Å². The summed E-state index contributed by atoms with van der Waals surface area (Å²) in [6.07, 6.45) is -5.74. The average molecular weight is 587 g/mol. The minimum absolute atomic E-state index is 0.0191. The van der Waals surface area contributed by atoms with Crippen LogP contribution in [0.4, 0.5) is 27.8 Å². The number of nitrogens with zero attached hydrogens (tertiary/aromatic N) is 1. The van der Waals surface area contributed by atoms with Crippen LogP contribution in [-0.2, 0) is 9.53 Å². The Morgan fingerprint density at radius 3 is 2.45 bits per heavy atom. The summed E-state index contributed by atoms with van der Waals surface area (Å²) in [7, 11) is 0. The molecule has 0 radical (unpaired) electrons. The molecule has 5 unspecified atom stereocenters. The summed E-state index contributed by atoms with van der Waals surface area (Å²) in [6, 6.07) is 12.2. The van der Waals surface area contributed by atoms with E-state index in [-0.39, 0.29) is 35.9 Å². The van der Waals surface area contributed by atoms with Crippen LogP contribution in [0.2, 0.25) is 0 Å². The van der Waals surface area contributed by atoms with Gasteiger partial charge in [-0.15, -0.1) is 0 Å². The highest BCUT2D eigenvalue weighted by Gasteiger charge is 2.65. The predicted octanol–water partition coefficient (Wildman–Crippen LogP) is 7.77. The number of rotatable bonds is 5. The monoisotopic (exact) mass is 586 g/mol. The third-order valence-corrected chi connectivity index (χ3v) is 9.75. The number of allylic oxidation sites excluding steroid dienone is 4. The van der Waals surface area contributed by atoms with Crippen molar-refractivity contribution < 1.29 is 36.3 Å². The molecule has 1 aromatic carbocycles. The molecule has 0 bridgehead atoms. The van der Waals surface area contributed by atoms with Gasteiger partial charge in [0.2, 0.25) is 0 Å². The maximum atomic E-state index is 14.2. The zero-order valence-electron chi connectivity index (χ0n) is 23.0. The number of aromatic nitrogens is 1. The number of alkyl halides is 5. The highest BCUT2D eigenvalue weighted by atomic mass is 19.4. The summed E-state index contributed by atoms with van der Waals surface area (Å²) in [5.74, 6) is -0.272. The lowest BCUT2D eigenvalue weighted by molar-refractivity contribution is -0.408. The molecule has 2 aromatic rings. The van der Waals surface area contributed by atoms with Gasteiger partial charge >= 0.3 is 12.3 Å². The molecule has 2 fully saturated rings. The normalized spacial score (nSPS) is 29.4. The number of nitrogens with one attached hydrogen (secondary N) is 1. The molecule has 0 spiro atoms. The van der Waals surface area contributed by atoms with Crippen LogP contribution < -0.4 is 5.32 Å². The molecule has 0 saturated heterocycles. The van der Waals surface area contributed by atoms with Crippen LogP contribution in [0, 0.1) is 17.3 Å². The summed E-state index contributed by atoms with van der Waals surface area (Å²) >= 11 is 0. The van der Waals surface area contributed by atoms with Gasteiger partial charge in [-0.2, -0.15) is 22.0 Å². The molecule has 6 rings (SSSR count). The van der Waals surface area contributed by atoms with Gasteiger partial charge in [-0.25, -0.2) is 4.98 Å². The van der Waals surface area contributed by atoms with E-state index in [1.54, 1.807) is 49.5 Å². The van der Waals surface area contributed by atoms with Gasteiger partial charge in [0, 0.05) is 24.1 Å². The van der Waals surface area contributed by atoms with Crippen LogP contribution in [0.1, 0.15) is 73.7 Å². The van der Waals surface area contributed by atoms with Crippen molar-refractivity contribution in [2.75, 3.05) is 5.32 Å². The number of anilines is 1. The van der Waals surface area contributed by atoms with Gasteiger partial charge in [-0.1, -0.05) is 30.7 Å². The summed E-state index contributed by atoms with van der Waals surface area (Å²) in [6.45, 7) is 1.79. The first kappa shape index (κ1) is 28.7. The Morgan fingerprint density at radius 2 is 1.76 bits per heavy atom. The zero-order valence-corrected chi connectivity index (χ0v) is 23.0. The molecule has 4 aliphatic rings. The number of hydrogen-bond donors (Lipinski definition) is 1. The Bertz CT molecular complexity index is 1450. The molecule has 1 heterocycles. The van der Waals surface area contributed by atoms with Crippen molar-refractivity contribution in [1.82, 2.24) is 4.98 Å². The number of ether oxygens (including phenoxy) is 1. The van der Waals surface area contributed by atoms with E-state index < -0.39 is 23.8 Å². The summed E-state index contributed by atoms with van der Waals surface area (Å²) in [5.41, 5.74) is 3.62. The van der Waals surface area contributed by atoms with Crippen LogP contribution in [0.15, 0.2) is 71.5 Å². The maximum absolute atomic E-state index is 14.2. The van der Waals surface area contributed by atoms with Gasteiger partial charge < -0.3 is 10.1 Å². The molecule has 5 nitrogen and oxygen atoms in total.